The zero-order chi connectivity index (χ0) is 13.2. The number of piperazine rings is 1. The van der Waals surface area contributed by atoms with Gasteiger partial charge in [0.05, 0.1) is 12.1 Å². The van der Waals surface area contributed by atoms with Crippen molar-refractivity contribution in [2.75, 3.05) is 32.8 Å². The van der Waals surface area contributed by atoms with E-state index in [2.05, 4.69) is 5.32 Å². The van der Waals surface area contributed by atoms with E-state index in [1.165, 1.54) is 6.07 Å². The molecule has 1 unspecified atom stereocenters. The van der Waals surface area contributed by atoms with E-state index in [0.29, 0.717) is 13.1 Å². The molecule has 1 aliphatic rings. The molecule has 0 aromatic heterocycles. The molecule has 1 saturated heterocycles. The van der Waals surface area contributed by atoms with Gasteiger partial charge in [-0.2, -0.15) is 0 Å². The Kier molecular flexibility index (Phi) is 3.94. The molecule has 0 radical (unpaired) electrons. The van der Waals surface area contributed by atoms with Gasteiger partial charge in [0.15, 0.2) is 0 Å². The second-order valence-electron chi connectivity index (χ2n) is 4.79. The van der Waals surface area contributed by atoms with E-state index in [1.807, 2.05) is 4.90 Å². The third kappa shape index (κ3) is 2.39. The van der Waals surface area contributed by atoms with Crippen LogP contribution < -0.4 is 5.32 Å². The zero-order valence-corrected chi connectivity index (χ0v) is 10.4. The number of hydrogen-bond acceptors (Lipinski definition) is 3. The lowest BCUT2D eigenvalue weighted by Gasteiger charge is -2.42. The second kappa shape index (κ2) is 5.30. The lowest BCUT2D eigenvalue weighted by Crippen LogP contribution is -2.55. The van der Waals surface area contributed by atoms with Crippen LogP contribution in [0.25, 0.3) is 0 Å². The first-order valence-corrected chi connectivity index (χ1v) is 6.10. The van der Waals surface area contributed by atoms with E-state index < -0.39 is 17.2 Å². The topological polar surface area (TPSA) is 35.5 Å². The number of rotatable bonds is 3. The lowest BCUT2D eigenvalue weighted by molar-refractivity contribution is 0.0283. The van der Waals surface area contributed by atoms with Gasteiger partial charge in [0.1, 0.15) is 11.6 Å². The van der Waals surface area contributed by atoms with Crippen molar-refractivity contribution in [2.45, 2.75) is 12.5 Å². The molecule has 100 valence electrons. The maximum Gasteiger partial charge on any atom is 0.128 e. The van der Waals surface area contributed by atoms with Gasteiger partial charge in [0, 0.05) is 31.7 Å². The van der Waals surface area contributed by atoms with E-state index in [9.17, 15) is 13.9 Å². The van der Waals surface area contributed by atoms with Gasteiger partial charge in [0.25, 0.3) is 0 Å². The number of aliphatic hydroxyl groups is 1. The zero-order valence-electron chi connectivity index (χ0n) is 10.4. The maximum absolute atomic E-state index is 13.9. The number of benzene rings is 1. The van der Waals surface area contributed by atoms with Crippen LogP contribution >= 0.6 is 0 Å². The highest BCUT2D eigenvalue weighted by atomic mass is 19.1. The van der Waals surface area contributed by atoms with E-state index in [1.54, 1.807) is 6.92 Å². The third-order valence-corrected chi connectivity index (χ3v) is 3.63. The molecule has 1 aromatic rings. The fourth-order valence-electron chi connectivity index (χ4n) is 2.42. The molecule has 1 fully saturated rings. The fraction of sp³-hybridized carbons (Fsp3) is 0.538. The monoisotopic (exact) mass is 256 g/mol. The Bertz CT molecular complexity index is 421. The Hall–Kier alpha value is -1.04. The smallest absolute Gasteiger partial charge is 0.128 e. The van der Waals surface area contributed by atoms with Crippen molar-refractivity contribution >= 4 is 0 Å². The Labute approximate surface area is 105 Å². The molecular weight excluding hydrogens is 238 g/mol. The van der Waals surface area contributed by atoms with Crippen molar-refractivity contribution in [1.29, 1.82) is 0 Å². The van der Waals surface area contributed by atoms with Crippen LogP contribution in [0.3, 0.4) is 0 Å². The summed E-state index contributed by atoms with van der Waals surface area (Å²) in [6.45, 7) is 4.47. The Balaban J connectivity index is 2.38. The highest BCUT2D eigenvalue weighted by molar-refractivity contribution is 5.27. The number of hydrogen-bond donors (Lipinski definition) is 2. The molecule has 2 rings (SSSR count). The van der Waals surface area contributed by atoms with Gasteiger partial charge in [-0.1, -0.05) is 0 Å². The molecule has 2 N–H and O–H groups in total. The summed E-state index contributed by atoms with van der Waals surface area (Å²) in [4.78, 5) is 1.99. The maximum atomic E-state index is 13.9. The molecule has 1 heterocycles. The van der Waals surface area contributed by atoms with E-state index in [-0.39, 0.29) is 12.2 Å². The summed E-state index contributed by atoms with van der Waals surface area (Å²) in [5.74, 6) is -0.965. The summed E-state index contributed by atoms with van der Waals surface area (Å²) in [7, 11) is 0. The van der Waals surface area contributed by atoms with Crippen LogP contribution in [0.15, 0.2) is 18.2 Å². The number of nitrogens with zero attached hydrogens (tertiary/aromatic N) is 1. The van der Waals surface area contributed by atoms with E-state index in [0.717, 1.165) is 25.2 Å². The number of aliphatic hydroxyl groups excluding tert-OH is 1. The summed E-state index contributed by atoms with van der Waals surface area (Å²) in [6, 6.07) is 3.38. The summed E-state index contributed by atoms with van der Waals surface area (Å²) >= 11 is 0. The molecule has 1 atom stereocenters. The van der Waals surface area contributed by atoms with Crippen molar-refractivity contribution in [3.63, 3.8) is 0 Å². The van der Waals surface area contributed by atoms with Crippen molar-refractivity contribution < 1.29 is 13.9 Å². The minimum atomic E-state index is -0.881. The van der Waals surface area contributed by atoms with Gasteiger partial charge in [-0.15, -0.1) is 0 Å². The van der Waals surface area contributed by atoms with Crippen molar-refractivity contribution in [1.82, 2.24) is 10.2 Å². The minimum Gasteiger partial charge on any atom is -0.394 e. The summed E-state index contributed by atoms with van der Waals surface area (Å²) < 4.78 is 27.2. The molecule has 0 saturated carbocycles. The molecule has 0 aliphatic carbocycles. The molecule has 0 bridgehead atoms. The van der Waals surface area contributed by atoms with Crippen LogP contribution in [0.2, 0.25) is 0 Å². The molecule has 5 heteroatoms. The first-order valence-electron chi connectivity index (χ1n) is 6.10. The molecule has 1 aromatic carbocycles. The lowest BCUT2D eigenvalue weighted by atomic mass is 9.89. The van der Waals surface area contributed by atoms with Crippen molar-refractivity contribution in [3.05, 3.63) is 35.4 Å². The Morgan fingerprint density at radius 2 is 2.00 bits per heavy atom. The van der Waals surface area contributed by atoms with Gasteiger partial charge < -0.3 is 10.4 Å². The summed E-state index contributed by atoms with van der Waals surface area (Å²) in [6.07, 6.45) is 0. The number of nitrogens with one attached hydrogen (secondary N) is 1. The van der Waals surface area contributed by atoms with Crippen LogP contribution in [-0.2, 0) is 5.54 Å². The molecule has 1 aliphatic heterocycles. The van der Waals surface area contributed by atoms with E-state index in [4.69, 9.17) is 0 Å². The fourth-order valence-corrected chi connectivity index (χ4v) is 2.42. The second-order valence-corrected chi connectivity index (χ2v) is 4.79. The summed E-state index contributed by atoms with van der Waals surface area (Å²) in [5, 5.41) is 12.9. The standard InChI is InChI=1S/C13H18F2N2O/c1-13(9-18,17-6-4-16-5-7-17)11-8-10(14)2-3-12(11)15/h2-3,8,16,18H,4-7,9H2,1H3. The third-order valence-electron chi connectivity index (χ3n) is 3.63. The van der Waals surface area contributed by atoms with E-state index >= 15 is 0 Å². The molecular formula is C13H18F2N2O. The minimum absolute atomic E-state index is 0.215. The first-order chi connectivity index (χ1) is 8.58. The Morgan fingerprint density at radius 3 is 2.61 bits per heavy atom. The first kappa shape index (κ1) is 13.4. The normalized spacial score (nSPS) is 20.7. The molecule has 0 amide bonds. The average molecular weight is 256 g/mol. The quantitative estimate of drug-likeness (QED) is 0.849. The van der Waals surface area contributed by atoms with Crippen LogP contribution in [0, 0.1) is 11.6 Å². The molecule has 0 spiro atoms. The van der Waals surface area contributed by atoms with Gasteiger partial charge in [-0.25, -0.2) is 8.78 Å². The molecule has 18 heavy (non-hydrogen) atoms. The average Bonchev–Trinajstić information content (AvgIpc) is 2.41. The predicted molar refractivity (Wildman–Crippen MR) is 65.2 cm³/mol. The van der Waals surface area contributed by atoms with Crippen molar-refractivity contribution in [3.8, 4) is 0 Å². The van der Waals surface area contributed by atoms with Crippen LogP contribution in [-0.4, -0.2) is 42.8 Å². The Morgan fingerprint density at radius 1 is 1.33 bits per heavy atom. The molecule has 3 nitrogen and oxygen atoms in total. The van der Waals surface area contributed by atoms with Gasteiger partial charge in [-0.3, -0.25) is 4.90 Å². The van der Waals surface area contributed by atoms with Crippen molar-refractivity contribution in [2.24, 2.45) is 0 Å². The SMILES string of the molecule is CC(CO)(c1cc(F)ccc1F)N1CCNCC1. The number of halogens is 2. The van der Waals surface area contributed by atoms with Gasteiger partial charge in [-0.05, 0) is 25.1 Å². The van der Waals surface area contributed by atoms with Crippen LogP contribution in [0.5, 0.6) is 0 Å². The highest BCUT2D eigenvalue weighted by Gasteiger charge is 2.36. The summed E-state index contributed by atoms with van der Waals surface area (Å²) in [5.41, 5.74) is -0.666. The predicted octanol–water partition coefficient (Wildman–Crippen LogP) is 1.08. The highest BCUT2D eigenvalue weighted by Crippen LogP contribution is 2.30. The largest absolute Gasteiger partial charge is 0.394 e. The van der Waals surface area contributed by atoms with Crippen LogP contribution in [0.1, 0.15) is 12.5 Å². The van der Waals surface area contributed by atoms with Crippen LogP contribution in [0.4, 0.5) is 8.78 Å². The van der Waals surface area contributed by atoms with Gasteiger partial charge in [0.2, 0.25) is 0 Å². The van der Waals surface area contributed by atoms with Gasteiger partial charge >= 0.3 is 0 Å².